The molecule has 0 N–H and O–H groups in total. The van der Waals surface area contributed by atoms with Crippen molar-refractivity contribution < 1.29 is 26.0 Å². The average molecular weight is 1050 g/mol. The summed E-state index contributed by atoms with van der Waals surface area (Å²) in [6.07, 6.45) is 28.0. The van der Waals surface area contributed by atoms with Crippen molar-refractivity contribution in [2.45, 2.75) is 172 Å². The third-order valence-corrected chi connectivity index (χ3v) is 18.9. The molecule has 0 radical (unpaired) electrons. The minimum absolute atomic E-state index is 0. The van der Waals surface area contributed by atoms with Crippen molar-refractivity contribution in [1.29, 1.82) is 0 Å². The summed E-state index contributed by atoms with van der Waals surface area (Å²) in [5.74, 6) is 4.37. The Kier molecular flexibility index (Phi) is 19.5. The molecule has 9 heteroatoms. The summed E-state index contributed by atoms with van der Waals surface area (Å²) in [5.41, 5.74) is 10.9. The van der Waals surface area contributed by atoms with Gasteiger partial charge in [0.2, 0.25) is 0 Å². The monoisotopic (exact) mass is 1040 g/mol. The first-order chi connectivity index (χ1) is 34.7. The summed E-state index contributed by atoms with van der Waals surface area (Å²) in [6, 6.07) is 27.9. The Morgan fingerprint density at radius 2 is 1.11 bits per heavy atom. The number of carbonyl (C=O) groups excluding carboxylic acids is 1. The first kappa shape index (κ1) is 54.2. The van der Waals surface area contributed by atoms with Crippen molar-refractivity contribution >= 4 is 50.7 Å². The van der Waals surface area contributed by atoms with E-state index in [1.165, 1.54) is 129 Å². The summed E-state index contributed by atoms with van der Waals surface area (Å²) < 4.78 is 5.50. The van der Waals surface area contributed by atoms with E-state index in [-0.39, 0.29) is 28.4 Å². The fourth-order valence-electron chi connectivity index (χ4n) is 12.5. The van der Waals surface area contributed by atoms with Gasteiger partial charge in [0.1, 0.15) is 0 Å². The number of aromatic nitrogens is 2. The van der Waals surface area contributed by atoms with Crippen LogP contribution in [0.5, 0.6) is 0 Å². The van der Waals surface area contributed by atoms with E-state index in [0.29, 0.717) is 41.8 Å². The second-order valence-corrected chi connectivity index (χ2v) is 23.7. The van der Waals surface area contributed by atoms with Crippen LogP contribution < -0.4 is 9.97 Å². The fraction of sp³-hybridized carbons (Fsp3) is 0.508. The molecule has 2 aromatic heterocycles. The SMILES string of the molecule is CCOC(=O)C1=C/C(=C(\Sc2ccccc2)c2ccc(C3CCCCC3C)[n-]2)N=C1C1CCCCC1C.CCc1cc(/C(Sc2ccccc2)=C2/C=CC(C3CCCCC3C)=N2)[n-]c1C1CCCCC1C.[Ni+2]. The molecule has 2 aromatic carbocycles. The van der Waals surface area contributed by atoms with Gasteiger partial charge in [0.25, 0.3) is 0 Å². The molecule has 4 saturated carbocycles. The Morgan fingerprint density at radius 3 is 1.67 bits per heavy atom. The molecule has 0 saturated heterocycles. The van der Waals surface area contributed by atoms with Gasteiger partial charge in [-0.1, -0.05) is 195 Å². The maximum Gasteiger partial charge on any atom is 2.00 e. The van der Waals surface area contributed by atoms with Gasteiger partial charge in [-0.3, -0.25) is 9.98 Å². The topological polar surface area (TPSA) is 79.2 Å². The molecule has 8 atom stereocenters. The fourth-order valence-corrected chi connectivity index (χ4v) is 14.4. The number of aliphatic imine (C=N–C) groups is 2. The van der Waals surface area contributed by atoms with Crippen molar-refractivity contribution in [3.8, 4) is 0 Å². The van der Waals surface area contributed by atoms with Crippen LogP contribution in [0.15, 0.2) is 134 Å². The van der Waals surface area contributed by atoms with Crippen LogP contribution >= 0.6 is 23.5 Å². The standard InChI is InChI=1S/C32H40N2O2S.C31H39N2S.Ni/c1-4-36-32(35)26-20-29(34-30(26)25-17-11-9-13-22(25)3)31(37-23-14-6-5-7-15-23)28-19-18-27(33-28)24-16-10-8-12-21(24)2;1-4-23-20-29(33-30(23)26-17-11-9-13-22(26)3)31(34-24-14-6-5-7-15-24)28-19-18-27(32-28)25-16-10-8-12-21(25)2;/h5-7,14-15,18-22,24-25H,4,8-13,16-17H2,1-3H3,(H,33,34,35);5-7,14-15,18-22,25-26H,4,8-13,16-17H2,1-3H3;/q;-1;+2/p-1/b;31-28+;. The minimum atomic E-state index is -0.259. The molecule has 4 aromatic rings. The molecule has 4 heterocycles. The van der Waals surface area contributed by atoms with Gasteiger partial charge in [0.05, 0.1) is 29.3 Å². The van der Waals surface area contributed by atoms with Crippen molar-refractivity contribution in [3.63, 3.8) is 0 Å². The Bertz CT molecular complexity index is 2640. The van der Waals surface area contributed by atoms with E-state index in [1.807, 2.05) is 30.8 Å². The largest absolute Gasteiger partial charge is 2.00 e. The van der Waals surface area contributed by atoms with Crippen molar-refractivity contribution in [3.05, 3.63) is 142 Å². The third kappa shape index (κ3) is 12.9. The molecular formula is C63H78N4NiO2S2. The molecule has 384 valence electrons. The minimum Gasteiger partial charge on any atom is -0.660 e. The predicted molar refractivity (Wildman–Crippen MR) is 299 cm³/mol. The van der Waals surface area contributed by atoms with Crippen LogP contribution in [0.2, 0.25) is 0 Å². The summed E-state index contributed by atoms with van der Waals surface area (Å²) >= 11 is 3.52. The Labute approximate surface area is 450 Å². The number of carbonyl (C=O) groups is 1. The van der Waals surface area contributed by atoms with E-state index in [4.69, 9.17) is 24.7 Å². The number of thioether (sulfide) groups is 2. The molecule has 10 rings (SSSR count). The van der Waals surface area contributed by atoms with Crippen molar-refractivity contribution in [2.75, 3.05) is 6.61 Å². The number of allylic oxidation sites excluding steroid dienone is 3. The Hall–Kier alpha value is -4.04. The van der Waals surface area contributed by atoms with E-state index in [2.05, 4.69) is 120 Å². The molecule has 6 nitrogen and oxygen atoms in total. The summed E-state index contributed by atoms with van der Waals surface area (Å²) in [5, 5.41) is 0. The Balaban J connectivity index is 0.000000191. The van der Waals surface area contributed by atoms with Gasteiger partial charge in [0.15, 0.2) is 0 Å². The number of esters is 1. The molecule has 4 fully saturated rings. The number of benzene rings is 2. The molecular weight excluding hydrogens is 968 g/mol. The molecule has 0 amide bonds. The molecule has 4 aliphatic carbocycles. The Morgan fingerprint density at radius 1 is 0.583 bits per heavy atom. The number of aryl methyl sites for hydroxylation is 1. The van der Waals surface area contributed by atoms with Crippen LogP contribution in [0, 0.1) is 35.5 Å². The van der Waals surface area contributed by atoms with Gasteiger partial charge in [0, 0.05) is 37.1 Å². The molecule has 2 aliphatic heterocycles. The number of hydrogen-bond acceptors (Lipinski definition) is 6. The second-order valence-electron chi connectivity index (χ2n) is 21.5. The average Bonchev–Trinajstić information content (AvgIpc) is 4.24. The maximum atomic E-state index is 13.1. The van der Waals surface area contributed by atoms with E-state index < -0.39 is 0 Å². The van der Waals surface area contributed by atoms with Gasteiger partial charge in [-0.25, -0.2) is 4.79 Å². The zero-order valence-corrected chi connectivity index (χ0v) is 46.4. The number of rotatable bonds is 13. The van der Waals surface area contributed by atoms with Crippen LogP contribution in [0.25, 0.3) is 9.81 Å². The zero-order chi connectivity index (χ0) is 49.3. The zero-order valence-electron chi connectivity index (χ0n) is 43.8. The maximum absolute atomic E-state index is 13.1. The van der Waals surface area contributed by atoms with Crippen LogP contribution in [0.4, 0.5) is 0 Å². The van der Waals surface area contributed by atoms with Gasteiger partial charge in [-0.05, 0) is 117 Å². The van der Waals surface area contributed by atoms with Gasteiger partial charge in [-0.15, -0.1) is 11.4 Å². The van der Waals surface area contributed by atoms with E-state index in [9.17, 15) is 4.79 Å². The van der Waals surface area contributed by atoms with Crippen LogP contribution in [0.1, 0.15) is 184 Å². The van der Waals surface area contributed by atoms with Crippen molar-refractivity contribution in [2.24, 2.45) is 45.5 Å². The molecule has 0 spiro atoms. The summed E-state index contributed by atoms with van der Waals surface area (Å²) in [4.78, 5) is 38.7. The first-order valence-electron chi connectivity index (χ1n) is 27.7. The summed E-state index contributed by atoms with van der Waals surface area (Å²) in [6.45, 7) is 14.0. The van der Waals surface area contributed by atoms with Gasteiger partial charge >= 0.3 is 22.5 Å². The molecule has 72 heavy (non-hydrogen) atoms. The predicted octanol–water partition coefficient (Wildman–Crippen LogP) is 17.0. The molecule has 6 aliphatic rings. The normalized spacial score (nSPS) is 27.7. The smallest absolute Gasteiger partial charge is 0.660 e. The number of nitrogens with zero attached hydrogens (tertiary/aromatic N) is 4. The van der Waals surface area contributed by atoms with Gasteiger partial charge in [-0.2, -0.15) is 11.4 Å². The molecule has 8 unspecified atom stereocenters. The van der Waals surface area contributed by atoms with Crippen molar-refractivity contribution in [1.82, 2.24) is 9.97 Å². The second kappa shape index (κ2) is 25.9. The van der Waals surface area contributed by atoms with Crippen LogP contribution in [-0.2, 0) is 32.4 Å². The van der Waals surface area contributed by atoms with Crippen LogP contribution in [-0.4, -0.2) is 24.0 Å². The van der Waals surface area contributed by atoms with Crippen LogP contribution in [0.3, 0.4) is 0 Å². The third-order valence-electron chi connectivity index (χ3n) is 16.6. The first-order valence-corrected chi connectivity index (χ1v) is 29.3. The number of hydrogen-bond donors (Lipinski definition) is 0. The van der Waals surface area contributed by atoms with E-state index >= 15 is 0 Å². The van der Waals surface area contributed by atoms with Gasteiger partial charge < -0.3 is 14.7 Å². The summed E-state index contributed by atoms with van der Waals surface area (Å²) in [7, 11) is 0. The van der Waals surface area contributed by atoms with E-state index in [0.717, 1.165) is 63.0 Å². The van der Waals surface area contributed by atoms with E-state index in [1.54, 1.807) is 11.8 Å². The molecule has 0 bridgehead atoms. The number of ether oxygens (including phenoxy) is 1. The quantitative estimate of drug-likeness (QED) is 0.0754.